The van der Waals surface area contributed by atoms with Crippen molar-refractivity contribution < 1.29 is 27.9 Å². The molecule has 0 unspecified atom stereocenters. The van der Waals surface area contributed by atoms with E-state index in [1.54, 1.807) is 30.0 Å². The molecule has 1 N–H and O–H groups in total. The first-order chi connectivity index (χ1) is 14.2. The third-order valence-corrected chi connectivity index (χ3v) is 5.54. The minimum absolute atomic E-state index is 0.0132. The van der Waals surface area contributed by atoms with E-state index in [9.17, 15) is 23.2 Å². The monoisotopic (exact) mass is 418 g/mol. The zero-order valence-corrected chi connectivity index (χ0v) is 16.4. The number of aromatic nitrogens is 2. The zero-order valence-electron chi connectivity index (χ0n) is 16.4. The second-order valence-electron chi connectivity index (χ2n) is 7.58. The van der Waals surface area contributed by atoms with E-state index in [0.29, 0.717) is 41.2 Å². The van der Waals surface area contributed by atoms with E-state index in [2.05, 4.69) is 10.4 Å². The lowest BCUT2D eigenvalue weighted by molar-refractivity contribution is -0.141. The van der Waals surface area contributed by atoms with Gasteiger partial charge in [0.25, 0.3) is 11.8 Å². The van der Waals surface area contributed by atoms with E-state index in [-0.39, 0.29) is 35.1 Å². The first-order valence-electron chi connectivity index (χ1n) is 9.47. The van der Waals surface area contributed by atoms with Gasteiger partial charge in [-0.1, -0.05) is 6.07 Å². The molecule has 4 rings (SSSR count). The topological polar surface area (TPSA) is 93.5 Å². The van der Waals surface area contributed by atoms with Crippen molar-refractivity contribution in [3.8, 4) is 0 Å². The maximum Gasteiger partial charge on any atom is 0.333 e. The number of benzene rings is 1. The lowest BCUT2D eigenvalue weighted by Gasteiger charge is -2.18. The van der Waals surface area contributed by atoms with Gasteiger partial charge in [-0.25, -0.2) is 4.68 Å². The van der Waals surface area contributed by atoms with Gasteiger partial charge < -0.3 is 15.0 Å². The molecule has 3 heterocycles. The SMILES string of the molecule is Cc1ccc(C(=O)N2C[C@@H]3COC(=O)[C@@H]3C2)cc1NC(=O)c1cc(C)n(C(F)F)n1. The van der Waals surface area contributed by atoms with Crippen LogP contribution < -0.4 is 5.32 Å². The van der Waals surface area contributed by atoms with Gasteiger partial charge in [-0.2, -0.15) is 13.9 Å². The summed E-state index contributed by atoms with van der Waals surface area (Å²) in [5, 5.41) is 6.27. The fourth-order valence-electron chi connectivity index (χ4n) is 3.82. The average Bonchev–Trinajstić information content (AvgIpc) is 3.39. The van der Waals surface area contributed by atoms with Crippen molar-refractivity contribution in [3.05, 3.63) is 46.8 Å². The van der Waals surface area contributed by atoms with E-state index >= 15 is 0 Å². The van der Waals surface area contributed by atoms with Crippen molar-refractivity contribution in [2.24, 2.45) is 11.8 Å². The van der Waals surface area contributed by atoms with Gasteiger partial charge in [-0.3, -0.25) is 14.4 Å². The first-order valence-corrected chi connectivity index (χ1v) is 9.47. The van der Waals surface area contributed by atoms with Gasteiger partial charge in [0.05, 0.1) is 12.5 Å². The predicted octanol–water partition coefficient (Wildman–Crippen LogP) is 2.39. The summed E-state index contributed by atoms with van der Waals surface area (Å²) in [6, 6.07) is 6.15. The number of amides is 2. The first kappa shape index (κ1) is 20.0. The molecule has 2 atom stereocenters. The Morgan fingerprint density at radius 1 is 1.23 bits per heavy atom. The summed E-state index contributed by atoms with van der Waals surface area (Å²) in [7, 11) is 0. The number of hydrogen-bond donors (Lipinski definition) is 1. The highest BCUT2D eigenvalue weighted by Crippen LogP contribution is 2.31. The number of hydrogen-bond acceptors (Lipinski definition) is 5. The number of cyclic esters (lactones) is 1. The number of rotatable bonds is 4. The molecule has 10 heteroatoms. The minimum atomic E-state index is -2.84. The highest BCUT2D eigenvalue weighted by molar-refractivity contribution is 6.04. The smallest absolute Gasteiger partial charge is 0.333 e. The van der Waals surface area contributed by atoms with Gasteiger partial charge in [0, 0.05) is 36.0 Å². The maximum absolute atomic E-state index is 12.9. The van der Waals surface area contributed by atoms with Crippen molar-refractivity contribution in [2.75, 3.05) is 25.0 Å². The third kappa shape index (κ3) is 3.53. The van der Waals surface area contributed by atoms with E-state index in [4.69, 9.17) is 4.74 Å². The van der Waals surface area contributed by atoms with E-state index in [1.165, 1.54) is 13.0 Å². The summed E-state index contributed by atoms with van der Waals surface area (Å²) in [6.07, 6.45) is 0. The number of aryl methyl sites for hydroxylation is 2. The summed E-state index contributed by atoms with van der Waals surface area (Å²) >= 11 is 0. The number of ether oxygens (including phenoxy) is 1. The Kier molecular flexibility index (Phi) is 5.00. The molecule has 2 fully saturated rings. The van der Waals surface area contributed by atoms with E-state index < -0.39 is 12.5 Å². The van der Waals surface area contributed by atoms with Gasteiger partial charge in [0.15, 0.2) is 5.69 Å². The van der Waals surface area contributed by atoms with Crippen LogP contribution in [0.5, 0.6) is 0 Å². The van der Waals surface area contributed by atoms with Crippen LogP contribution in [0.25, 0.3) is 0 Å². The number of likely N-dealkylation sites (tertiary alicyclic amines) is 1. The zero-order chi connectivity index (χ0) is 21.6. The number of alkyl halides is 2. The third-order valence-electron chi connectivity index (χ3n) is 5.54. The van der Waals surface area contributed by atoms with Gasteiger partial charge in [0.1, 0.15) is 0 Å². The maximum atomic E-state index is 12.9. The number of nitrogens with one attached hydrogen (secondary N) is 1. The lowest BCUT2D eigenvalue weighted by Crippen LogP contribution is -2.31. The average molecular weight is 418 g/mol. The van der Waals surface area contributed by atoms with Crippen molar-refractivity contribution in [2.45, 2.75) is 20.4 Å². The molecule has 8 nitrogen and oxygen atoms in total. The molecule has 2 aliphatic heterocycles. The molecule has 158 valence electrons. The van der Waals surface area contributed by atoms with Gasteiger partial charge in [0.2, 0.25) is 0 Å². The Balaban J connectivity index is 1.51. The van der Waals surface area contributed by atoms with Crippen molar-refractivity contribution in [1.29, 1.82) is 0 Å². The summed E-state index contributed by atoms with van der Waals surface area (Å²) in [6.45, 7) is 1.42. The van der Waals surface area contributed by atoms with Crippen LogP contribution in [0.2, 0.25) is 0 Å². The van der Waals surface area contributed by atoms with Crippen LogP contribution in [0.3, 0.4) is 0 Å². The molecule has 2 aromatic rings. The molecule has 30 heavy (non-hydrogen) atoms. The van der Waals surface area contributed by atoms with Crippen LogP contribution in [-0.4, -0.2) is 52.2 Å². The van der Waals surface area contributed by atoms with Crippen LogP contribution in [-0.2, 0) is 9.53 Å². The molecule has 0 aliphatic carbocycles. The predicted molar refractivity (Wildman–Crippen MR) is 101 cm³/mol. The number of anilines is 1. The molecule has 0 bridgehead atoms. The molecule has 2 aliphatic rings. The number of carbonyl (C=O) groups is 3. The molecular formula is C20H20F2N4O4. The normalized spacial score (nSPS) is 20.4. The number of halogens is 2. The number of fused-ring (bicyclic) bond motifs is 1. The molecular weight excluding hydrogens is 398 g/mol. The van der Waals surface area contributed by atoms with Crippen LogP contribution in [0.4, 0.5) is 14.5 Å². The van der Waals surface area contributed by atoms with Gasteiger partial charge in [-0.05, 0) is 37.6 Å². The highest BCUT2D eigenvalue weighted by atomic mass is 19.3. The molecule has 2 saturated heterocycles. The summed E-state index contributed by atoms with van der Waals surface area (Å²) in [4.78, 5) is 38.7. The minimum Gasteiger partial charge on any atom is -0.465 e. The fraction of sp³-hybridized carbons (Fsp3) is 0.400. The lowest BCUT2D eigenvalue weighted by atomic mass is 10.0. The Morgan fingerprint density at radius 2 is 2.00 bits per heavy atom. The molecule has 1 aromatic carbocycles. The molecule has 0 spiro atoms. The Labute approximate surface area is 170 Å². The Bertz CT molecular complexity index is 1040. The second-order valence-corrected chi connectivity index (χ2v) is 7.58. The Morgan fingerprint density at radius 3 is 2.67 bits per heavy atom. The van der Waals surface area contributed by atoms with Crippen LogP contribution in [0.1, 0.15) is 38.7 Å². The molecule has 1 aromatic heterocycles. The van der Waals surface area contributed by atoms with Crippen LogP contribution in [0, 0.1) is 25.7 Å². The van der Waals surface area contributed by atoms with Crippen molar-refractivity contribution in [3.63, 3.8) is 0 Å². The molecule has 2 amide bonds. The Hall–Kier alpha value is -3.30. The standard InChI is InChI=1S/C20H20F2N4O4/c1-10-3-4-12(18(28)25-7-13-9-30-19(29)14(13)8-25)6-15(10)23-17(27)16-5-11(2)26(24-16)20(21)22/h3-6,13-14,20H,7-9H2,1-2H3,(H,23,27)/t13-,14-/m1/s1. The van der Waals surface area contributed by atoms with Gasteiger partial charge in [-0.15, -0.1) is 0 Å². The number of carbonyl (C=O) groups excluding carboxylic acids is 3. The summed E-state index contributed by atoms with van der Waals surface area (Å²) in [5.74, 6) is -1.44. The molecule has 0 radical (unpaired) electrons. The van der Waals surface area contributed by atoms with E-state index in [1.807, 2.05) is 0 Å². The second kappa shape index (κ2) is 7.51. The van der Waals surface area contributed by atoms with Crippen molar-refractivity contribution in [1.82, 2.24) is 14.7 Å². The summed E-state index contributed by atoms with van der Waals surface area (Å²) < 4.78 is 31.3. The van der Waals surface area contributed by atoms with Crippen LogP contribution in [0.15, 0.2) is 24.3 Å². The van der Waals surface area contributed by atoms with E-state index in [0.717, 1.165) is 0 Å². The highest BCUT2D eigenvalue weighted by Gasteiger charge is 2.45. The quantitative estimate of drug-likeness (QED) is 0.770. The molecule has 0 saturated carbocycles. The fourth-order valence-corrected chi connectivity index (χ4v) is 3.82. The van der Waals surface area contributed by atoms with Gasteiger partial charge >= 0.3 is 12.5 Å². The van der Waals surface area contributed by atoms with Crippen molar-refractivity contribution >= 4 is 23.5 Å². The number of nitrogens with zero attached hydrogens (tertiary/aromatic N) is 3. The summed E-state index contributed by atoms with van der Waals surface area (Å²) in [5.41, 5.74) is 1.46. The largest absolute Gasteiger partial charge is 0.465 e. The van der Waals surface area contributed by atoms with Crippen LogP contribution >= 0.6 is 0 Å². The number of esters is 1.